The van der Waals surface area contributed by atoms with Crippen molar-refractivity contribution >= 4 is 43.6 Å². The number of aromatic nitrogens is 2. The first kappa shape index (κ1) is 34.3. The molecule has 0 radical (unpaired) electrons. The van der Waals surface area contributed by atoms with Crippen molar-refractivity contribution in [2.45, 2.75) is 24.7 Å². The molecule has 0 bridgehead atoms. The molecule has 0 unspecified atom stereocenters. The second-order valence-electron chi connectivity index (χ2n) is 11.6. The zero-order valence-corrected chi connectivity index (χ0v) is 25.4. The van der Waals surface area contributed by atoms with Crippen LogP contribution in [0.3, 0.4) is 0 Å². The molecule has 0 spiro atoms. The fraction of sp³-hybridized carbons (Fsp3) is 0.111. The van der Waals surface area contributed by atoms with Crippen molar-refractivity contribution in [2.75, 3.05) is 0 Å². The second kappa shape index (κ2) is 11.2. The van der Waals surface area contributed by atoms with E-state index >= 15 is 0 Å². The highest BCUT2D eigenvalue weighted by atomic mass is 19.4. The number of para-hydroxylation sites is 2. The summed E-state index contributed by atoms with van der Waals surface area (Å²) in [6.45, 7) is 0. The van der Waals surface area contributed by atoms with E-state index in [1.54, 1.807) is 12.1 Å². The van der Waals surface area contributed by atoms with Crippen LogP contribution in [-0.2, 0) is 24.7 Å². The Balaban J connectivity index is 1.76. The van der Waals surface area contributed by atoms with Gasteiger partial charge in [-0.2, -0.15) is 63.2 Å². The van der Waals surface area contributed by atoms with E-state index < -0.39 is 75.9 Å². The zero-order chi connectivity index (χ0) is 37.7. The van der Waals surface area contributed by atoms with E-state index in [-0.39, 0.29) is 49.3 Å². The summed E-state index contributed by atoms with van der Waals surface area (Å²) in [5.41, 5.74) is -11.8. The van der Waals surface area contributed by atoms with E-state index in [9.17, 15) is 63.2 Å². The third kappa shape index (κ3) is 5.16. The Labute approximate surface area is 282 Å². The van der Waals surface area contributed by atoms with E-state index in [4.69, 9.17) is 0 Å². The third-order valence-electron chi connectivity index (χ3n) is 8.64. The fourth-order valence-electron chi connectivity index (χ4n) is 6.66. The number of benzene rings is 5. The molecular weight excluding hydrogens is 716 g/mol. The highest BCUT2D eigenvalue weighted by Crippen LogP contribution is 2.49. The average Bonchev–Trinajstić information content (AvgIpc) is 3.58. The van der Waals surface area contributed by atoms with Gasteiger partial charge in [0.2, 0.25) is 0 Å². The van der Waals surface area contributed by atoms with Crippen molar-refractivity contribution < 1.29 is 52.7 Å². The van der Waals surface area contributed by atoms with Gasteiger partial charge in [0.25, 0.3) is 0 Å². The molecule has 16 heteroatoms. The van der Waals surface area contributed by atoms with Crippen LogP contribution in [0, 0.1) is 22.7 Å². The molecule has 7 rings (SSSR count). The summed E-state index contributed by atoms with van der Waals surface area (Å²) in [7, 11) is 0. The Morgan fingerprint density at radius 3 is 1.38 bits per heavy atom. The lowest BCUT2D eigenvalue weighted by molar-refractivity contribution is -0.148. The average molecular weight is 731 g/mol. The zero-order valence-electron chi connectivity index (χ0n) is 25.4. The summed E-state index contributed by atoms with van der Waals surface area (Å²) in [6, 6.07) is 17.3. The molecule has 0 N–H and O–H groups in total. The molecule has 0 atom stereocenters. The smallest absolute Gasteiger partial charge is 0.307 e. The predicted molar refractivity (Wildman–Crippen MR) is 165 cm³/mol. The third-order valence-corrected chi connectivity index (χ3v) is 8.64. The van der Waals surface area contributed by atoms with Gasteiger partial charge in [0.1, 0.15) is 12.1 Å². The summed E-state index contributed by atoms with van der Waals surface area (Å²) in [5.74, 6) is 0. The molecular formula is C36H14F12N4. The van der Waals surface area contributed by atoms with Gasteiger partial charge in [-0.3, -0.25) is 0 Å². The van der Waals surface area contributed by atoms with Crippen molar-refractivity contribution in [2.24, 2.45) is 0 Å². The summed E-state index contributed by atoms with van der Waals surface area (Å²) >= 11 is 0. The van der Waals surface area contributed by atoms with Crippen LogP contribution >= 0.6 is 0 Å². The van der Waals surface area contributed by atoms with Crippen LogP contribution in [0.25, 0.3) is 55.0 Å². The minimum atomic E-state index is -5.75. The lowest BCUT2D eigenvalue weighted by Crippen LogP contribution is -2.21. The van der Waals surface area contributed by atoms with Crippen LogP contribution in [-0.4, -0.2) is 9.13 Å². The Hall–Kier alpha value is -6.16. The Bertz CT molecular complexity index is 2640. The van der Waals surface area contributed by atoms with Crippen LogP contribution < -0.4 is 0 Å². The number of hydrogen-bond acceptors (Lipinski definition) is 2. The van der Waals surface area contributed by atoms with E-state index in [1.165, 1.54) is 65.2 Å². The van der Waals surface area contributed by atoms with Gasteiger partial charge < -0.3 is 9.13 Å². The second-order valence-corrected chi connectivity index (χ2v) is 11.6. The van der Waals surface area contributed by atoms with Crippen LogP contribution in [0.2, 0.25) is 0 Å². The Morgan fingerprint density at radius 1 is 0.442 bits per heavy atom. The van der Waals surface area contributed by atoms with E-state index in [0.29, 0.717) is 16.7 Å². The monoisotopic (exact) mass is 730 g/mol. The van der Waals surface area contributed by atoms with E-state index in [2.05, 4.69) is 0 Å². The molecule has 0 aliphatic rings. The number of nitriles is 2. The highest BCUT2D eigenvalue weighted by Gasteiger charge is 2.46. The molecule has 0 aliphatic carbocycles. The number of alkyl halides is 12. The number of rotatable bonds is 2. The van der Waals surface area contributed by atoms with Crippen molar-refractivity contribution in [3.8, 4) is 23.5 Å². The van der Waals surface area contributed by atoms with Gasteiger partial charge in [0.15, 0.2) is 0 Å². The molecule has 0 amide bonds. The maximum Gasteiger partial charge on any atom is 0.418 e. The molecule has 0 saturated heterocycles. The quantitative estimate of drug-likeness (QED) is 0.166. The van der Waals surface area contributed by atoms with Gasteiger partial charge in [0, 0.05) is 21.5 Å². The van der Waals surface area contributed by atoms with Crippen molar-refractivity contribution in [3.63, 3.8) is 0 Å². The van der Waals surface area contributed by atoms with E-state index in [1.807, 2.05) is 0 Å². The summed E-state index contributed by atoms with van der Waals surface area (Å²) in [6.07, 6.45) is -22.1. The molecule has 5 aromatic carbocycles. The van der Waals surface area contributed by atoms with Crippen molar-refractivity contribution in [1.29, 1.82) is 10.5 Å². The normalized spacial score (nSPS) is 13.0. The first-order valence-electron chi connectivity index (χ1n) is 14.7. The number of hydrogen-bond donors (Lipinski definition) is 0. The van der Waals surface area contributed by atoms with E-state index in [0.717, 1.165) is 0 Å². The first-order chi connectivity index (χ1) is 24.3. The number of fused-ring (bicyclic) bond motifs is 7. The van der Waals surface area contributed by atoms with Gasteiger partial charge in [0.05, 0.1) is 66.8 Å². The maximum atomic E-state index is 14.8. The van der Waals surface area contributed by atoms with Gasteiger partial charge in [-0.25, -0.2) is 0 Å². The highest BCUT2D eigenvalue weighted by molar-refractivity contribution is 6.26. The Morgan fingerprint density at radius 2 is 0.904 bits per heavy atom. The molecule has 0 saturated carbocycles. The SMILES string of the molecule is N#Cc1cc(C(F)(F)F)cc(C#N)c1-n1c2ccccc2c2c1ccc1c3ccccc3n(-c3c(C(F)(F)F)cc(C(F)(F)F)cc3C(F)(F)F)c12. The fourth-order valence-corrected chi connectivity index (χ4v) is 6.66. The molecule has 7 aromatic rings. The van der Waals surface area contributed by atoms with Crippen LogP contribution in [0.5, 0.6) is 0 Å². The number of nitrogens with zero attached hydrogens (tertiary/aromatic N) is 4. The molecule has 0 aliphatic heterocycles. The molecule has 52 heavy (non-hydrogen) atoms. The maximum absolute atomic E-state index is 14.8. The standard InChI is InChI=1S/C36H14F12N4/c37-33(38,39)19-11-17(15-49)30(18(12-19)16-50)51-27-8-4-2-6-23(27)29-28(51)10-9-22-21-5-1-3-7-26(21)52(31(22)29)32-24(35(43,44)45)13-20(34(40,41)42)14-25(32)36(46,47)48/h1-14H. The molecule has 2 aromatic heterocycles. The van der Waals surface area contributed by atoms with Crippen LogP contribution in [0.15, 0.2) is 84.9 Å². The van der Waals surface area contributed by atoms with Gasteiger partial charge in [-0.1, -0.05) is 42.5 Å². The lowest BCUT2D eigenvalue weighted by Gasteiger charge is -2.23. The predicted octanol–water partition coefficient (Wildman–Crippen LogP) is 11.7. The van der Waals surface area contributed by atoms with Crippen LogP contribution in [0.4, 0.5) is 52.7 Å². The van der Waals surface area contributed by atoms with Crippen molar-refractivity contribution in [3.05, 3.63) is 118 Å². The molecule has 0 fully saturated rings. The molecule has 262 valence electrons. The summed E-state index contributed by atoms with van der Waals surface area (Å²) in [4.78, 5) is 0. The van der Waals surface area contributed by atoms with Gasteiger partial charge in [-0.05, 0) is 42.5 Å². The molecule has 4 nitrogen and oxygen atoms in total. The topological polar surface area (TPSA) is 57.4 Å². The minimum Gasteiger partial charge on any atom is -0.307 e. The lowest BCUT2D eigenvalue weighted by atomic mass is 10.00. The summed E-state index contributed by atoms with van der Waals surface area (Å²) in [5, 5.41) is 20.2. The molecule has 2 heterocycles. The largest absolute Gasteiger partial charge is 0.418 e. The van der Waals surface area contributed by atoms with Gasteiger partial charge >= 0.3 is 24.7 Å². The minimum absolute atomic E-state index is 0.0560. The first-order valence-corrected chi connectivity index (χ1v) is 14.7. The van der Waals surface area contributed by atoms with Crippen molar-refractivity contribution in [1.82, 2.24) is 9.13 Å². The number of halogens is 12. The van der Waals surface area contributed by atoms with Crippen LogP contribution in [0.1, 0.15) is 33.4 Å². The Kier molecular flexibility index (Phi) is 7.37. The van der Waals surface area contributed by atoms with Gasteiger partial charge in [-0.15, -0.1) is 0 Å². The summed E-state index contributed by atoms with van der Waals surface area (Å²) < 4.78 is 173.